The van der Waals surface area contributed by atoms with Crippen molar-refractivity contribution < 1.29 is 37.1 Å². The quantitative estimate of drug-likeness (QED) is 0.336. The average molecular weight is 583 g/mol. The van der Waals surface area contributed by atoms with E-state index in [4.69, 9.17) is 4.74 Å². The number of nitrogens with one attached hydrogen (secondary N) is 2. The highest BCUT2D eigenvalue weighted by atomic mass is 19.4. The first-order valence-corrected chi connectivity index (χ1v) is 13.2. The van der Waals surface area contributed by atoms with Gasteiger partial charge in [-0.15, -0.1) is 0 Å². The van der Waals surface area contributed by atoms with Crippen LogP contribution in [0.5, 0.6) is 5.75 Å². The van der Waals surface area contributed by atoms with Crippen LogP contribution < -0.4 is 15.4 Å². The molecule has 3 amide bonds. The van der Waals surface area contributed by atoms with Crippen LogP contribution in [0.15, 0.2) is 72.9 Å². The second-order valence-electron chi connectivity index (χ2n) is 9.68. The smallest absolute Gasteiger partial charge is 0.416 e. The SMILES string of the molecule is COc1cccc(C(F)(F)F)c1CN1C(=O)CC[C@H]1C(=O)NC(Cc1ccccc1)C(=O)C(=O)NCc1ccccn1. The molecule has 42 heavy (non-hydrogen) atoms. The maximum Gasteiger partial charge on any atom is 0.416 e. The Morgan fingerprint density at radius 2 is 1.79 bits per heavy atom. The van der Waals surface area contributed by atoms with Crippen molar-refractivity contribution in [2.45, 2.75) is 50.6 Å². The predicted molar refractivity (Wildman–Crippen MR) is 145 cm³/mol. The van der Waals surface area contributed by atoms with Crippen molar-refractivity contribution in [3.05, 3.63) is 95.3 Å². The van der Waals surface area contributed by atoms with E-state index in [0.717, 1.165) is 11.0 Å². The van der Waals surface area contributed by atoms with E-state index in [1.165, 1.54) is 19.2 Å². The maximum absolute atomic E-state index is 13.8. The molecule has 1 aliphatic rings. The maximum atomic E-state index is 13.8. The number of carbonyl (C=O) groups is 4. The van der Waals surface area contributed by atoms with Crippen LogP contribution in [-0.4, -0.2) is 52.6 Å². The van der Waals surface area contributed by atoms with Gasteiger partial charge in [0.25, 0.3) is 5.91 Å². The first-order chi connectivity index (χ1) is 20.1. The van der Waals surface area contributed by atoms with E-state index in [-0.39, 0.29) is 37.1 Å². The van der Waals surface area contributed by atoms with E-state index in [0.29, 0.717) is 11.3 Å². The first-order valence-electron chi connectivity index (χ1n) is 13.2. The lowest BCUT2D eigenvalue weighted by atomic mass is 10.0. The van der Waals surface area contributed by atoms with Crippen LogP contribution in [-0.2, 0) is 44.9 Å². The molecule has 1 aliphatic heterocycles. The molecule has 0 spiro atoms. The summed E-state index contributed by atoms with van der Waals surface area (Å²) in [5, 5.41) is 5.09. The number of rotatable bonds is 11. The zero-order valence-electron chi connectivity index (χ0n) is 22.7. The van der Waals surface area contributed by atoms with Crippen LogP contribution >= 0.6 is 0 Å². The Balaban J connectivity index is 1.54. The number of amides is 3. The number of hydrogen-bond donors (Lipinski definition) is 2. The van der Waals surface area contributed by atoms with E-state index in [9.17, 15) is 32.3 Å². The molecule has 0 bridgehead atoms. The van der Waals surface area contributed by atoms with Gasteiger partial charge in [0.05, 0.1) is 31.5 Å². The number of alkyl halides is 3. The molecule has 1 aromatic heterocycles. The molecule has 3 aromatic rings. The van der Waals surface area contributed by atoms with E-state index < -0.39 is 53.9 Å². The largest absolute Gasteiger partial charge is 0.496 e. The zero-order chi connectivity index (χ0) is 30.3. The Kier molecular flexibility index (Phi) is 9.56. The number of hydrogen-bond acceptors (Lipinski definition) is 6. The van der Waals surface area contributed by atoms with Crippen LogP contribution in [0.4, 0.5) is 13.2 Å². The number of halogens is 3. The molecule has 9 nitrogen and oxygen atoms in total. The van der Waals surface area contributed by atoms with Crippen molar-refractivity contribution in [2.24, 2.45) is 0 Å². The van der Waals surface area contributed by atoms with Crippen molar-refractivity contribution in [3.8, 4) is 5.75 Å². The van der Waals surface area contributed by atoms with Gasteiger partial charge in [0.2, 0.25) is 17.6 Å². The van der Waals surface area contributed by atoms with Crippen LogP contribution in [0.2, 0.25) is 0 Å². The van der Waals surface area contributed by atoms with E-state index >= 15 is 0 Å². The van der Waals surface area contributed by atoms with Crippen LogP contribution in [0, 0.1) is 0 Å². The second kappa shape index (κ2) is 13.3. The average Bonchev–Trinajstić information content (AvgIpc) is 3.35. The molecule has 2 heterocycles. The predicted octanol–water partition coefficient (Wildman–Crippen LogP) is 3.21. The van der Waals surface area contributed by atoms with Gasteiger partial charge in [0.1, 0.15) is 17.8 Å². The number of Topliss-reactive ketones (excluding diaryl/α,β-unsaturated/α-hetero) is 1. The minimum Gasteiger partial charge on any atom is -0.496 e. The van der Waals surface area contributed by atoms with Gasteiger partial charge in [0.15, 0.2) is 0 Å². The molecule has 12 heteroatoms. The summed E-state index contributed by atoms with van der Waals surface area (Å²) in [5.41, 5.74) is -0.0809. The fourth-order valence-electron chi connectivity index (χ4n) is 4.81. The highest BCUT2D eigenvalue weighted by Crippen LogP contribution is 2.37. The number of pyridine rings is 1. The lowest BCUT2D eigenvalue weighted by molar-refractivity contribution is -0.142. The highest BCUT2D eigenvalue weighted by molar-refractivity contribution is 6.38. The number of carbonyl (C=O) groups excluding carboxylic acids is 4. The number of likely N-dealkylation sites (tertiary alicyclic amines) is 1. The third kappa shape index (κ3) is 7.31. The van der Waals surface area contributed by atoms with Gasteiger partial charge in [-0.05, 0) is 36.2 Å². The number of ether oxygens (including phenoxy) is 1. The molecular weight excluding hydrogens is 553 g/mol. The molecule has 2 aromatic carbocycles. The van der Waals surface area contributed by atoms with Gasteiger partial charge >= 0.3 is 6.18 Å². The Hall–Kier alpha value is -4.74. The third-order valence-electron chi connectivity index (χ3n) is 6.91. The molecule has 2 atom stereocenters. The van der Waals surface area contributed by atoms with E-state index in [1.807, 2.05) is 0 Å². The Bertz CT molecular complexity index is 1430. The first kappa shape index (κ1) is 30.2. The molecule has 0 saturated carbocycles. The molecule has 2 N–H and O–H groups in total. The summed E-state index contributed by atoms with van der Waals surface area (Å²) >= 11 is 0. The number of benzene rings is 2. The van der Waals surface area contributed by atoms with Gasteiger partial charge in [-0.3, -0.25) is 24.2 Å². The zero-order valence-corrected chi connectivity index (χ0v) is 22.7. The summed E-state index contributed by atoms with van der Waals surface area (Å²) < 4.78 is 46.5. The third-order valence-corrected chi connectivity index (χ3v) is 6.91. The monoisotopic (exact) mass is 582 g/mol. The molecule has 1 fully saturated rings. The molecule has 0 radical (unpaired) electrons. The summed E-state index contributed by atoms with van der Waals surface area (Å²) in [6.07, 6.45) is -3.25. The number of methoxy groups -OCH3 is 1. The molecule has 0 aliphatic carbocycles. The lowest BCUT2D eigenvalue weighted by Crippen LogP contribution is -2.53. The lowest BCUT2D eigenvalue weighted by Gasteiger charge is -2.28. The van der Waals surface area contributed by atoms with Crippen molar-refractivity contribution >= 4 is 23.5 Å². The fourth-order valence-corrected chi connectivity index (χ4v) is 4.81. The topological polar surface area (TPSA) is 118 Å². The summed E-state index contributed by atoms with van der Waals surface area (Å²) in [7, 11) is 1.22. The van der Waals surface area contributed by atoms with Gasteiger partial charge in [-0.2, -0.15) is 13.2 Å². The van der Waals surface area contributed by atoms with Crippen molar-refractivity contribution in [2.75, 3.05) is 7.11 Å². The highest BCUT2D eigenvalue weighted by Gasteiger charge is 2.41. The summed E-state index contributed by atoms with van der Waals surface area (Å²) in [4.78, 5) is 57.4. The van der Waals surface area contributed by atoms with Crippen LogP contribution in [0.25, 0.3) is 0 Å². The molecule has 1 unspecified atom stereocenters. The van der Waals surface area contributed by atoms with Gasteiger partial charge < -0.3 is 20.3 Å². The van der Waals surface area contributed by atoms with E-state index in [1.54, 1.807) is 54.7 Å². The van der Waals surface area contributed by atoms with Gasteiger partial charge in [-0.1, -0.05) is 42.5 Å². The van der Waals surface area contributed by atoms with Gasteiger partial charge in [0, 0.05) is 24.6 Å². The summed E-state index contributed by atoms with van der Waals surface area (Å²) in [5.74, 6) is -3.21. The Labute approximate surface area is 240 Å². The Morgan fingerprint density at radius 3 is 2.45 bits per heavy atom. The molecule has 220 valence electrons. The van der Waals surface area contributed by atoms with E-state index in [2.05, 4.69) is 15.6 Å². The second-order valence-corrected chi connectivity index (χ2v) is 9.68. The molecular formula is C30H29F3N4O5. The summed E-state index contributed by atoms with van der Waals surface area (Å²) in [6.45, 7) is -0.541. The fraction of sp³-hybridized carbons (Fsp3) is 0.300. The van der Waals surface area contributed by atoms with Crippen LogP contribution in [0.3, 0.4) is 0 Å². The van der Waals surface area contributed by atoms with Crippen LogP contribution in [0.1, 0.15) is 35.2 Å². The standard InChI is InChI=1S/C30H29F3N4O5/c1-42-25-12-7-11-22(30(31,32)33)21(25)18-37-24(13-14-26(37)38)28(40)36-23(16-19-8-3-2-4-9-19)27(39)29(41)35-17-20-10-5-6-15-34-20/h2-12,15,23-24H,13-14,16-18H2,1H3,(H,35,41)(H,36,40)/t23?,24-/m0/s1. The summed E-state index contributed by atoms with van der Waals surface area (Å²) in [6, 6.07) is 14.8. The van der Waals surface area contributed by atoms with Gasteiger partial charge in [-0.25, -0.2) is 0 Å². The number of ketones is 1. The van der Waals surface area contributed by atoms with Crippen molar-refractivity contribution in [1.29, 1.82) is 0 Å². The number of aromatic nitrogens is 1. The minimum atomic E-state index is -4.72. The molecule has 4 rings (SSSR count). The number of nitrogens with zero attached hydrogens (tertiary/aromatic N) is 2. The van der Waals surface area contributed by atoms with Crippen molar-refractivity contribution in [3.63, 3.8) is 0 Å². The van der Waals surface area contributed by atoms with Crippen molar-refractivity contribution in [1.82, 2.24) is 20.5 Å². The molecule has 1 saturated heterocycles. The minimum absolute atomic E-state index is 0.0111. The normalized spacial score (nSPS) is 15.7. The Morgan fingerprint density at radius 1 is 1.05 bits per heavy atom.